The van der Waals surface area contributed by atoms with Crippen molar-refractivity contribution in [1.82, 2.24) is 9.97 Å². The van der Waals surface area contributed by atoms with Crippen molar-refractivity contribution >= 4 is 11.7 Å². The van der Waals surface area contributed by atoms with Crippen molar-refractivity contribution < 1.29 is 14.6 Å². The zero-order valence-corrected chi connectivity index (χ0v) is 15.3. The van der Waals surface area contributed by atoms with Gasteiger partial charge in [-0.3, -0.25) is 0 Å². The van der Waals surface area contributed by atoms with Gasteiger partial charge >= 0.3 is 5.97 Å². The van der Waals surface area contributed by atoms with Crippen molar-refractivity contribution in [2.45, 2.75) is 19.4 Å². The number of nitrogens with zero attached hydrogens (tertiary/aromatic N) is 2. The Kier molecular flexibility index (Phi) is 5.92. The van der Waals surface area contributed by atoms with Crippen molar-refractivity contribution in [3.05, 3.63) is 77.4 Å². The summed E-state index contributed by atoms with van der Waals surface area (Å²) >= 11 is 0. The molecule has 1 unspecified atom stereocenters. The molecule has 0 spiro atoms. The molecule has 7 nitrogen and oxygen atoms in total. The van der Waals surface area contributed by atoms with Crippen LogP contribution in [0.3, 0.4) is 0 Å². The van der Waals surface area contributed by atoms with Gasteiger partial charge in [0.2, 0.25) is 0 Å². The Bertz CT molecular complexity index is 976. The van der Waals surface area contributed by atoms with Crippen LogP contribution in [0.15, 0.2) is 54.9 Å². The van der Waals surface area contributed by atoms with Gasteiger partial charge < -0.3 is 20.1 Å². The monoisotopic (exact) mass is 376 g/mol. The molecule has 2 aromatic carbocycles. The lowest BCUT2D eigenvalue weighted by Gasteiger charge is -2.18. The maximum Gasteiger partial charge on any atom is 0.330 e. The number of carboxylic acids is 1. The number of aliphatic carboxylic acids is 1. The summed E-state index contributed by atoms with van der Waals surface area (Å²) in [7, 11) is 0. The van der Waals surface area contributed by atoms with E-state index in [1.807, 2.05) is 25.1 Å². The highest BCUT2D eigenvalue weighted by atomic mass is 16.5. The molecule has 1 atom stereocenters. The highest BCUT2D eigenvalue weighted by Gasteiger charge is 2.21. The summed E-state index contributed by atoms with van der Waals surface area (Å²) in [5.74, 6) is 0.378. The number of carboxylic acid groups (broad SMARTS) is 1. The van der Waals surface area contributed by atoms with E-state index in [2.05, 4.69) is 15.3 Å². The van der Waals surface area contributed by atoms with Gasteiger partial charge in [0.05, 0.1) is 18.2 Å². The number of imidazole rings is 1. The van der Waals surface area contributed by atoms with E-state index in [0.717, 1.165) is 11.4 Å². The first-order valence-corrected chi connectivity index (χ1v) is 8.83. The van der Waals surface area contributed by atoms with Gasteiger partial charge in [0.1, 0.15) is 11.6 Å². The van der Waals surface area contributed by atoms with Gasteiger partial charge in [-0.05, 0) is 54.4 Å². The van der Waals surface area contributed by atoms with Crippen molar-refractivity contribution in [3.8, 4) is 11.8 Å². The third-order valence-corrected chi connectivity index (χ3v) is 4.13. The minimum atomic E-state index is -1.01. The zero-order chi connectivity index (χ0) is 19.9. The summed E-state index contributed by atoms with van der Waals surface area (Å²) in [6, 6.07) is 13.2. The molecule has 7 heteroatoms. The molecular formula is C21H20N4O3. The topological polar surface area (TPSA) is 111 Å². The second kappa shape index (κ2) is 8.73. The molecule has 0 radical (unpaired) electrons. The number of aromatic amines is 1. The molecular weight excluding hydrogens is 356 g/mol. The van der Waals surface area contributed by atoms with E-state index < -0.39 is 12.0 Å². The van der Waals surface area contributed by atoms with Gasteiger partial charge in [-0.2, -0.15) is 5.26 Å². The largest absolute Gasteiger partial charge is 0.494 e. The lowest BCUT2D eigenvalue weighted by atomic mass is 10.0. The number of nitriles is 1. The smallest absolute Gasteiger partial charge is 0.330 e. The molecule has 0 fully saturated rings. The fourth-order valence-electron chi connectivity index (χ4n) is 2.89. The number of rotatable bonds is 8. The van der Waals surface area contributed by atoms with E-state index in [1.165, 1.54) is 0 Å². The molecule has 0 aliphatic heterocycles. The number of ether oxygens (including phenoxy) is 1. The molecule has 0 bridgehead atoms. The maximum atomic E-state index is 12.0. The summed E-state index contributed by atoms with van der Waals surface area (Å²) in [6.45, 7) is 2.35. The van der Waals surface area contributed by atoms with Crippen molar-refractivity contribution in [1.29, 1.82) is 5.26 Å². The molecule has 0 saturated carbocycles. The number of aromatic nitrogens is 2. The third kappa shape index (κ3) is 4.68. The highest BCUT2D eigenvalue weighted by Crippen LogP contribution is 2.27. The molecule has 1 aromatic heterocycles. The number of carbonyl (C=O) groups is 1. The van der Waals surface area contributed by atoms with Crippen molar-refractivity contribution in [2.75, 3.05) is 11.9 Å². The molecule has 3 rings (SSSR count). The number of H-pyrrole nitrogens is 1. The zero-order valence-electron chi connectivity index (χ0n) is 15.3. The second-order valence-electron chi connectivity index (χ2n) is 6.16. The molecule has 3 aromatic rings. The predicted octanol–water partition coefficient (Wildman–Crippen LogP) is 3.51. The SMILES string of the molecule is CCOc1cc(Cc2ncc[nH]2)cc(C(Nc2ccc(C#N)cc2)C(=O)O)c1. The number of benzene rings is 2. The minimum Gasteiger partial charge on any atom is -0.494 e. The summed E-state index contributed by atoms with van der Waals surface area (Å²) in [5.41, 5.74) is 2.59. The van der Waals surface area contributed by atoms with Crippen LogP contribution in [-0.2, 0) is 11.2 Å². The highest BCUT2D eigenvalue weighted by molar-refractivity contribution is 5.79. The average molecular weight is 376 g/mol. The predicted molar refractivity (Wildman–Crippen MR) is 104 cm³/mol. The molecule has 28 heavy (non-hydrogen) atoms. The normalized spacial score (nSPS) is 11.4. The van der Waals surface area contributed by atoms with E-state index in [1.54, 1.807) is 42.7 Å². The van der Waals surface area contributed by atoms with Crippen LogP contribution >= 0.6 is 0 Å². The Labute approximate surface area is 162 Å². The van der Waals surface area contributed by atoms with Crippen LogP contribution in [-0.4, -0.2) is 27.7 Å². The first-order chi connectivity index (χ1) is 13.6. The minimum absolute atomic E-state index is 0.477. The van der Waals surface area contributed by atoms with Crippen molar-refractivity contribution in [3.63, 3.8) is 0 Å². The van der Waals surface area contributed by atoms with Crippen LogP contribution in [0.4, 0.5) is 5.69 Å². The van der Waals surface area contributed by atoms with Crippen molar-refractivity contribution in [2.24, 2.45) is 0 Å². The van der Waals surface area contributed by atoms with E-state index in [-0.39, 0.29) is 0 Å². The number of hydrogen-bond donors (Lipinski definition) is 3. The Morgan fingerprint density at radius 2 is 2.11 bits per heavy atom. The Hall–Kier alpha value is -3.79. The van der Waals surface area contributed by atoms with Crippen LogP contribution in [0, 0.1) is 11.3 Å². The van der Waals surface area contributed by atoms with Crippen LogP contribution < -0.4 is 10.1 Å². The fraction of sp³-hybridized carbons (Fsp3) is 0.190. The van der Waals surface area contributed by atoms with Gasteiger partial charge in [0, 0.05) is 24.5 Å². The van der Waals surface area contributed by atoms with Gasteiger partial charge in [0.15, 0.2) is 6.04 Å². The molecule has 0 saturated heterocycles. The molecule has 0 aliphatic rings. The summed E-state index contributed by atoms with van der Waals surface area (Å²) in [4.78, 5) is 19.2. The van der Waals surface area contributed by atoms with E-state index in [9.17, 15) is 9.90 Å². The summed E-state index contributed by atoms with van der Waals surface area (Å²) in [5, 5.41) is 21.7. The van der Waals surface area contributed by atoms with Crippen LogP contribution in [0.2, 0.25) is 0 Å². The summed E-state index contributed by atoms with van der Waals surface area (Å²) in [6.07, 6.45) is 3.95. The molecule has 1 heterocycles. The first-order valence-electron chi connectivity index (χ1n) is 8.83. The van der Waals surface area contributed by atoms with Crippen LogP contribution in [0.5, 0.6) is 5.75 Å². The molecule has 142 valence electrons. The molecule has 3 N–H and O–H groups in total. The third-order valence-electron chi connectivity index (χ3n) is 4.13. The maximum absolute atomic E-state index is 12.0. The van der Waals surface area contributed by atoms with E-state index in [0.29, 0.717) is 35.6 Å². The number of nitrogens with one attached hydrogen (secondary N) is 2. The summed E-state index contributed by atoms with van der Waals surface area (Å²) < 4.78 is 5.63. The molecule has 0 aliphatic carbocycles. The van der Waals surface area contributed by atoms with Crippen LogP contribution in [0.25, 0.3) is 0 Å². The van der Waals surface area contributed by atoms with Gasteiger partial charge in [-0.1, -0.05) is 6.07 Å². The lowest BCUT2D eigenvalue weighted by molar-refractivity contribution is -0.138. The molecule has 0 amide bonds. The Morgan fingerprint density at radius 1 is 1.32 bits per heavy atom. The fourth-order valence-corrected chi connectivity index (χ4v) is 2.89. The first kappa shape index (κ1) is 19.0. The quantitative estimate of drug-likeness (QED) is 0.555. The second-order valence-corrected chi connectivity index (χ2v) is 6.16. The van der Waals surface area contributed by atoms with E-state index >= 15 is 0 Å². The lowest BCUT2D eigenvalue weighted by Crippen LogP contribution is -2.21. The van der Waals surface area contributed by atoms with Crippen LogP contribution in [0.1, 0.15) is 35.5 Å². The van der Waals surface area contributed by atoms with Gasteiger partial charge in [-0.25, -0.2) is 9.78 Å². The Balaban J connectivity index is 1.92. The van der Waals surface area contributed by atoms with Gasteiger partial charge in [-0.15, -0.1) is 0 Å². The average Bonchev–Trinajstić information content (AvgIpc) is 3.19. The van der Waals surface area contributed by atoms with Gasteiger partial charge in [0.25, 0.3) is 0 Å². The number of anilines is 1. The number of hydrogen-bond acceptors (Lipinski definition) is 5. The standard InChI is InChI=1S/C21H20N4O3/c1-2-28-18-10-15(11-19-23-7-8-24-19)9-16(12-18)20(21(26)27)25-17-5-3-14(13-22)4-6-17/h3-10,12,20,25H,2,11H2,1H3,(H,23,24)(H,26,27). The Morgan fingerprint density at radius 3 is 2.71 bits per heavy atom. The van der Waals surface area contributed by atoms with E-state index in [4.69, 9.17) is 10.00 Å².